The molecule has 0 aliphatic carbocycles. The Hall–Kier alpha value is -4.54. The quantitative estimate of drug-likeness (QED) is 0.252. The van der Waals surface area contributed by atoms with Crippen molar-refractivity contribution in [3.63, 3.8) is 0 Å². The third kappa shape index (κ3) is 3.43. The lowest BCUT2D eigenvalue weighted by Gasteiger charge is -2.06. The maximum atomic E-state index is 6.45. The number of nitrogens with zero attached hydrogens (tertiary/aromatic N) is 3. The standard InChI is InChI=1S/C31H18ClN3O/c32-31-34-29(20-9-2-1-3-10-20)33-30(35-31)26-15-7-14-25-24-17-16-21(18-27(24)36-28(25)26)23-13-6-11-19-8-4-5-12-22(19)23/h1-18H. The molecule has 36 heavy (non-hydrogen) atoms. The van der Waals surface area contributed by atoms with Crippen molar-refractivity contribution in [1.82, 2.24) is 15.0 Å². The van der Waals surface area contributed by atoms with Gasteiger partial charge in [-0.25, -0.2) is 4.98 Å². The van der Waals surface area contributed by atoms with Gasteiger partial charge < -0.3 is 4.42 Å². The van der Waals surface area contributed by atoms with Gasteiger partial charge in [-0.05, 0) is 51.7 Å². The smallest absolute Gasteiger partial charge is 0.226 e. The van der Waals surface area contributed by atoms with Crippen molar-refractivity contribution in [2.75, 3.05) is 0 Å². The van der Waals surface area contributed by atoms with Gasteiger partial charge in [-0.2, -0.15) is 9.97 Å². The molecular weight excluding hydrogens is 466 g/mol. The number of hydrogen-bond donors (Lipinski definition) is 0. The lowest BCUT2D eigenvalue weighted by Crippen LogP contribution is -1.97. The van der Waals surface area contributed by atoms with Crippen molar-refractivity contribution in [3.05, 3.63) is 114 Å². The first-order valence-electron chi connectivity index (χ1n) is 11.7. The summed E-state index contributed by atoms with van der Waals surface area (Å²) in [5, 5.41) is 4.61. The Kier molecular flexibility index (Phi) is 4.79. The summed E-state index contributed by atoms with van der Waals surface area (Å²) in [5.74, 6) is 1.00. The molecule has 170 valence electrons. The highest BCUT2D eigenvalue weighted by Crippen LogP contribution is 2.38. The number of halogens is 1. The van der Waals surface area contributed by atoms with Gasteiger partial charge in [0.2, 0.25) is 5.28 Å². The monoisotopic (exact) mass is 483 g/mol. The van der Waals surface area contributed by atoms with Crippen LogP contribution in [0.2, 0.25) is 5.28 Å². The maximum absolute atomic E-state index is 6.45. The van der Waals surface area contributed by atoms with Gasteiger partial charge in [0.25, 0.3) is 0 Å². The van der Waals surface area contributed by atoms with E-state index >= 15 is 0 Å². The Labute approximate surface area is 211 Å². The van der Waals surface area contributed by atoms with Crippen LogP contribution in [-0.4, -0.2) is 15.0 Å². The van der Waals surface area contributed by atoms with Crippen LogP contribution in [0.25, 0.3) is 66.6 Å². The summed E-state index contributed by atoms with van der Waals surface area (Å²) in [6.45, 7) is 0. The molecule has 2 aromatic heterocycles. The van der Waals surface area contributed by atoms with Gasteiger partial charge in [0.05, 0.1) is 5.56 Å². The zero-order valence-electron chi connectivity index (χ0n) is 19.0. The largest absolute Gasteiger partial charge is 0.455 e. The predicted molar refractivity (Wildman–Crippen MR) is 146 cm³/mol. The molecule has 7 rings (SSSR count). The molecule has 0 saturated heterocycles. The van der Waals surface area contributed by atoms with Crippen molar-refractivity contribution in [3.8, 4) is 33.9 Å². The Morgan fingerprint density at radius 1 is 0.528 bits per heavy atom. The van der Waals surface area contributed by atoms with Gasteiger partial charge in [-0.3, -0.25) is 0 Å². The molecule has 0 fully saturated rings. The van der Waals surface area contributed by atoms with Gasteiger partial charge in [0.1, 0.15) is 11.2 Å². The minimum absolute atomic E-state index is 0.144. The van der Waals surface area contributed by atoms with Gasteiger partial charge in [-0.1, -0.05) is 91.0 Å². The highest BCUT2D eigenvalue weighted by molar-refractivity contribution is 6.28. The van der Waals surface area contributed by atoms with E-state index in [2.05, 4.69) is 76.7 Å². The van der Waals surface area contributed by atoms with Gasteiger partial charge in [-0.15, -0.1) is 0 Å². The molecule has 5 heteroatoms. The highest BCUT2D eigenvalue weighted by atomic mass is 35.5. The van der Waals surface area contributed by atoms with Crippen molar-refractivity contribution < 1.29 is 4.42 Å². The highest BCUT2D eigenvalue weighted by Gasteiger charge is 2.17. The summed E-state index contributed by atoms with van der Waals surface area (Å²) in [4.78, 5) is 13.5. The van der Waals surface area contributed by atoms with E-state index in [1.807, 2.05) is 42.5 Å². The first-order valence-corrected chi connectivity index (χ1v) is 12.0. The van der Waals surface area contributed by atoms with Gasteiger partial charge in [0.15, 0.2) is 11.6 Å². The van der Waals surface area contributed by atoms with Crippen molar-refractivity contribution in [1.29, 1.82) is 0 Å². The molecule has 2 heterocycles. The first-order chi connectivity index (χ1) is 17.7. The third-order valence-corrected chi connectivity index (χ3v) is 6.65. The molecule has 0 unspecified atom stereocenters. The molecule has 5 aromatic carbocycles. The number of rotatable bonds is 3. The fourth-order valence-corrected chi connectivity index (χ4v) is 4.97. The maximum Gasteiger partial charge on any atom is 0.226 e. The summed E-state index contributed by atoms with van der Waals surface area (Å²) in [6, 6.07) is 36.9. The summed E-state index contributed by atoms with van der Waals surface area (Å²) in [5.41, 5.74) is 5.47. The zero-order chi connectivity index (χ0) is 24.1. The van der Waals surface area contributed by atoms with E-state index in [4.69, 9.17) is 21.0 Å². The average molecular weight is 484 g/mol. The fourth-order valence-electron chi connectivity index (χ4n) is 4.81. The van der Waals surface area contributed by atoms with Gasteiger partial charge >= 0.3 is 0 Å². The molecule has 0 N–H and O–H groups in total. The SMILES string of the molecule is Clc1nc(-c2ccccc2)nc(-c2cccc3c2oc2cc(-c4cccc5ccccc45)ccc23)n1. The molecule has 4 nitrogen and oxygen atoms in total. The van der Waals surface area contributed by atoms with Crippen LogP contribution in [0, 0.1) is 0 Å². The van der Waals surface area contributed by atoms with Crippen LogP contribution < -0.4 is 0 Å². The molecule has 0 aliphatic heterocycles. The molecule has 0 atom stereocenters. The molecule has 0 aliphatic rings. The van der Waals surface area contributed by atoms with E-state index in [1.165, 1.54) is 16.3 Å². The van der Waals surface area contributed by atoms with E-state index in [-0.39, 0.29) is 5.28 Å². The predicted octanol–water partition coefficient (Wildman–Crippen LogP) is 8.58. The normalized spacial score (nSPS) is 11.5. The summed E-state index contributed by atoms with van der Waals surface area (Å²) in [6.07, 6.45) is 0. The third-order valence-electron chi connectivity index (χ3n) is 6.48. The lowest BCUT2D eigenvalue weighted by molar-refractivity contribution is 0.669. The Balaban J connectivity index is 1.41. The second-order valence-electron chi connectivity index (χ2n) is 8.64. The Bertz CT molecular complexity index is 1910. The number of aromatic nitrogens is 3. The Morgan fingerprint density at radius 3 is 2.17 bits per heavy atom. The van der Waals surface area contributed by atoms with E-state index in [0.29, 0.717) is 11.6 Å². The van der Waals surface area contributed by atoms with Crippen molar-refractivity contribution >= 4 is 44.3 Å². The van der Waals surface area contributed by atoms with Crippen LogP contribution in [0.1, 0.15) is 0 Å². The topological polar surface area (TPSA) is 51.8 Å². The second kappa shape index (κ2) is 8.29. The second-order valence-corrected chi connectivity index (χ2v) is 8.98. The summed E-state index contributed by atoms with van der Waals surface area (Å²) < 4.78 is 6.45. The molecule has 0 saturated carbocycles. The lowest BCUT2D eigenvalue weighted by atomic mass is 9.97. The molecule has 0 radical (unpaired) electrons. The van der Waals surface area contributed by atoms with Crippen LogP contribution in [0.15, 0.2) is 114 Å². The van der Waals surface area contributed by atoms with Gasteiger partial charge in [0, 0.05) is 16.3 Å². The molecule has 0 bridgehead atoms. The number of para-hydroxylation sites is 1. The number of fused-ring (bicyclic) bond motifs is 4. The zero-order valence-corrected chi connectivity index (χ0v) is 19.8. The van der Waals surface area contributed by atoms with Crippen LogP contribution in [0.5, 0.6) is 0 Å². The Morgan fingerprint density at radius 2 is 1.25 bits per heavy atom. The van der Waals surface area contributed by atoms with Crippen molar-refractivity contribution in [2.45, 2.75) is 0 Å². The fraction of sp³-hybridized carbons (Fsp3) is 0. The van der Waals surface area contributed by atoms with Crippen LogP contribution in [0.3, 0.4) is 0 Å². The first kappa shape index (κ1) is 20.8. The van der Waals surface area contributed by atoms with E-state index in [0.717, 1.165) is 38.6 Å². The van der Waals surface area contributed by atoms with Crippen molar-refractivity contribution in [2.24, 2.45) is 0 Å². The molecule has 0 amide bonds. The van der Waals surface area contributed by atoms with E-state index in [9.17, 15) is 0 Å². The number of furan rings is 1. The minimum Gasteiger partial charge on any atom is -0.455 e. The van der Waals surface area contributed by atoms with Crippen LogP contribution in [0.4, 0.5) is 0 Å². The number of benzene rings is 5. The van der Waals surface area contributed by atoms with Crippen LogP contribution >= 0.6 is 11.6 Å². The summed E-state index contributed by atoms with van der Waals surface area (Å²) >= 11 is 6.32. The number of hydrogen-bond acceptors (Lipinski definition) is 4. The van der Waals surface area contributed by atoms with E-state index in [1.54, 1.807) is 0 Å². The minimum atomic E-state index is 0.144. The van der Waals surface area contributed by atoms with E-state index < -0.39 is 0 Å². The molecule has 0 spiro atoms. The molecular formula is C31H18ClN3O. The summed E-state index contributed by atoms with van der Waals surface area (Å²) in [7, 11) is 0. The molecule has 7 aromatic rings. The van der Waals surface area contributed by atoms with Crippen LogP contribution in [-0.2, 0) is 0 Å². The average Bonchev–Trinajstić information content (AvgIpc) is 3.31.